The molecule has 2 N–H and O–H groups in total. The van der Waals surface area contributed by atoms with E-state index in [4.69, 9.17) is 11.6 Å². The predicted molar refractivity (Wildman–Crippen MR) is 87.3 cm³/mol. The van der Waals surface area contributed by atoms with Gasteiger partial charge in [-0.2, -0.15) is 0 Å². The van der Waals surface area contributed by atoms with E-state index < -0.39 is 0 Å². The fraction of sp³-hybridized carbons (Fsp3) is 0.375. The zero-order chi connectivity index (χ0) is 15.5. The van der Waals surface area contributed by atoms with E-state index in [0.29, 0.717) is 17.3 Å². The highest BCUT2D eigenvalue weighted by molar-refractivity contribution is 6.34. The van der Waals surface area contributed by atoms with E-state index in [1.54, 1.807) is 6.20 Å². The van der Waals surface area contributed by atoms with Gasteiger partial charge in [0.05, 0.1) is 10.7 Å². The van der Waals surface area contributed by atoms with E-state index in [2.05, 4.69) is 15.3 Å². The molecule has 0 spiro atoms. The number of H-pyrrole nitrogens is 1. The molecule has 3 rings (SSSR count). The smallest absolute Gasteiger partial charge is 0.321 e. The number of urea groups is 1. The zero-order valence-electron chi connectivity index (χ0n) is 12.5. The van der Waals surface area contributed by atoms with Gasteiger partial charge in [0.15, 0.2) is 0 Å². The van der Waals surface area contributed by atoms with Gasteiger partial charge >= 0.3 is 6.03 Å². The Morgan fingerprint density at radius 1 is 1.50 bits per heavy atom. The summed E-state index contributed by atoms with van der Waals surface area (Å²) in [5.74, 6) is 1.22. The van der Waals surface area contributed by atoms with E-state index in [9.17, 15) is 4.79 Å². The number of hydrogen-bond donors (Lipinski definition) is 2. The Bertz CT molecular complexity index is 656. The third kappa shape index (κ3) is 3.09. The summed E-state index contributed by atoms with van der Waals surface area (Å²) in [7, 11) is 0. The predicted octanol–water partition coefficient (Wildman–Crippen LogP) is 3.78. The molecule has 1 aromatic heterocycles. The lowest BCUT2D eigenvalue weighted by Gasteiger charge is -2.32. The number of benzene rings is 1. The van der Waals surface area contributed by atoms with Crippen molar-refractivity contribution in [2.75, 3.05) is 18.4 Å². The molecule has 5 nitrogen and oxygen atoms in total. The van der Waals surface area contributed by atoms with Crippen molar-refractivity contribution in [3.63, 3.8) is 0 Å². The Kier molecular flexibility index (Phi) is 4.34. The number of amides is 2. The van der Waals surface area contributed by atoms with Crippen LogP contribution in [0, 0.1) is 6.92 Å². The van der Waals surface area contributed by atoms with Crippen LogP contribution in [0.5, 0.6) is 0 Å². The molecule has 0 aliphatic carbocycles. The molecule has 0 saturated carbocycles. The molecule has 2 aromatic rings. The van der Waals surface area contributed by atoms with E-state index in [0.717, 1.165) is 30.8 Å². The Hall–Kier alpha value is -2.01. The number of aryl methyl sites for hydroxylation is 1. The van der Waals surface area contributed by atoms with Crippen molar-refractivity contribution in [1.29, 1.82) is 0 Å². The maximum absolute atomic E-state index is 12.5. The summed E-state index contributed by atoms with van der Waals surface area (Å²) in [5.41, 5.74) is 1.61. The monoisotopic (exact) mass is 318 g/mol. The van der Waals surface area contributed by atoms with Gasteiger partial charge in [0.1, 0.15) is 5.82 Å². The summed E-state index contributed by atoms with van der Waals surface area (Å²) in [4.78, 5) is 21.8. The molecule has 1 aliphatic rings. The van der Waals surface area contributed by atoms with Crippen molar-refractivity contribution in [2.24, 2.45) is 0 Å². The molecule has 1 fully saturated rings. The highest BCUT2D eigenvalue weighted by Crippen LogP contribution is 2.27. The van der Waals surface area contributed by atoms with Crippen molar-refractivity contribution in [3.05, 3.63) is 47.0 Å². The highest BCUT2D eigenvalue weighted by Gasteiger charge is 2.26. The fourth-order valence-corrected chi connectivity index (χ4v) is 3.00. The second-order valence-electron chi connectivity index (χ2n) is 5.63. The van der Waals surface area contributed by atoms with Crippen molar-refractivity contribution >= 4 is 23.3 Å². The van der Waals surface area contributed by atoms with Gasteiger partial charge in [-0.25, -0.2) is 9.78 Å². The molecule has 1 aliphatic heterocycles. The van der Waals surface area contributed by atoms with Crippen molar-refractivity contribution in [3.8, 4) is 0 Å². The first-order chi connectivity index (χ1) is 10.6. The van der Waals surface area contributed by atoms with Gasteiger partial charge in [0, 0.05) is 31.4 Å². The summed E-state index contributed by atoms with van der Waals surface area (Å²) in [6.07, 6.45) is 5.59. The number of nitrogens with one attached hydrogen (secondary N) is 2. The van der Waals surface area contributed by atoms with Gasteiger partial charge in [-0.05, 0) is 31.4 Å². The van der Waals surface area contributed by atoms with Crippen LogP contribution in [0.2, 0.25) is 5.02 Å². The molecule has 2 heterocycles. The van der Waals surface area contributed by atoms with Crippen LogP contribution in [-0.4, -0.2) is 34.0 Å². The number of nitrogens with zero attached hydrogens (tertiary/aromatic N) is 2. The number of likely N-dealkylation sites (tertiary alicyclic amines) is 1. The number of hydrogen-bond acceptors (Lipinski definition) is 2. The molecule has 116 valence electrons. The normalized spacial score (nSPS) is 18.3. The lowest BCUT2D eigenvalue weighted by Crippen LogP contribution is -2.41. The minimum absolute atomic E-state index is 0.108. The number of carbonyl (C=O) groups excluding carboxylic acids is 1. The maximum Gasteiger partial charge on any atom is 0.321 e. The van der Waals surface area contributed by atoms with Gasteiger partial charge < -0.3 is 15.2 Å². The van der Waals surface area contributed by atoms with E-state index in [-0.39, 0.29) is 11.9 Å². The molecule has 22 heavy (non-hydrogen) atoms. The Labute approximate surface area is 134 Å². The summed E-state index contributed by atoms with van der Waals surface area (Å²) < 4.78 is 0. The number of halogens is 1. The van der Waals surface area contributed by atoms with Gasteiger partial charge in [0.25, 0.3) is 0 Å². The van der Waals surface area contributed by atoms with Crippen LogP contribution in [0.1, 0.15) is 30.1 Å². The van der Waals surface area contributed by atoms with Gasteiger partial charge in [0.2, 0.25) is 0 Å². The first-order valence-corrected chi connectivity index (χ1v) is 7.83. The van der Waals surface area contributed by atoms with Crippen LogP contribution >= 0.6 is 11.6 Å². The van der Waals surface area contributed by atoms with Crippen LogP contribution in [0.25, 0.3) is 0 Å². The molecule has 1 saturated heterocycles. The molecule has 1 aromatic carbocycles. The van der Waals surface area contributed by atoms with Crippen molar-refractivity contribution < 1.29 is 4.79 Å². The SMILES string of the molecule is Cc1cccc(NC(=O)N2CCC[C@H](c3ncc[nH]3)C2)c1Cl. The second-order valence-corrected chi connectivity index (χ2v) is 6.00. The minimum atomic E-state index is -0.108. The summed E-state index contributed by atoms with van der Waals surface area (Å²) in [6.45, 7) is 3.35. The van der Waals surface area contributed by atoms with Crippen LogP contribution in [0.4, 0.5) is 10.5 Å². The molecule has 0 bridgehead atoms. The summed E-state index contributed by atoms with van der Waals surface area (Å²) >= 11 is 6.24. The first kappa shape index (κ1) is 14.9. The number of piperidine rings is 1. The van der Waals surface area contributed by atoms with E-state index in [1.807, 2.05) is 36.2 Å². The molecule has 6 heteroatoms. The van der Waals surface area contributed by atoms with Crippen LogP contribution in [0.15, 0.2) is 30.6 Å². The Balaban J connectivity index is 1.68. The van der Waals surface area contributed by atoms with E-state index >= 15 is 0 Å². The van der Waals surface area contributed by atoms with Gasteiger partial charge in [-0.15, -0.1) is 0 Å². The lowest BCUT2D eigenvalue weighted by molar-refractivity contribution is 0.191. The number of carbonyl (C=O) groups is 1. The Morgan fingerprint density at radius 2 is 2.36 bits per heavy atom. The summed E-state index contributed by atoms with van der Waals surface area (Å²) in [5, 5.41) is 3.50. The van der Waals surface area contributed by atoms with Crippen molar-refractivity contribution in [1.82, 2.24) is 14.9 Å². The average Bonchev–Trinajstić information content (AvgIpc) is 3.06. The molecular weight excluding hydrogens is 300 g/mol. The number of aromatic nitrogens is 2. The molecule has 1 atom stereocenters. The Morgan fingerprint density at radius 3 is 3.14 bits per heavy atom. The largest absolute Gasteiger partial charge is 0.348 e. The van der Waals surface area contributed by atoms with Crippen molar-refractivity contribution in [2.45, 2.75) is 25.7 Å². The highest BCUT2D eigenvalue weighted by atomic mass is 35.5. The average molecular weight is 319 g/mol. The topological polar surface area (TPSA) is 61.0 Å². The maximum atomic E-state index is 12.5. The fourth-order valence-electron chi connectivity index (χ4n) is 2.82. The van der Waals surface area contributed by atoms with Crippen LogP contribution in [-0.2, 0) is 0 Å². The lowest BCUT2D eigenvalue weighted by atomic mass is 9.98. The molecule has 0 unspecified atom stereocenters. The minimum Gasteiger partial charge on any atom is -0.348 e. The molecule has 0 radical (unpaired) electrons. The van der Waals surface area contributed by atoms with Gasteiger partial charge in [-0.1, -0.05) is 23.7 Å². The molecular formula is C16H19ClN4O. The second kappa shape index (κ2) is 6.40. The first-order valence-electron chi connectivity index (χ1n) is 7.45. The summed E-state index contributed by atoms with van der Waals surface area (Å²) in [6, 6.07) is 5.52. The van der Waals surface area contributed by atoms with Crippen LogP contribution < -0.4 is 5.32 Å². The van der Waals surface area contributed by atoms with E-state index in [1.165, 1.54) is 0 Å². The third-order valence-electron chi connectivity index (χ3n) is 4.05. The van der Waals surface area contributed by atoms with Crippen LogP contribution in [0.3, 0.4) is 0 Å². The standard InChI is InChI=1S/C16H19ClN4O/c1-11-4-2-6-13(14(11)17)20-16(22)21-9-3-5-12(10-21)15-18-7-8-19-15/h2,4,6-8,12H,3,5,9-10H2,1H3,(H,18,19)(H,20,22)/t12-/m0/s1. The van der Waals surface area contributed by atoms with Gasteiger partial charge in [-0.3, -0.25) is 0 Å². The quantitative estimate of drug-likeness (QED) is 0.885. The number of imidazole rings is 1. The number of aromatic amines is 1. The number of rotatable bonds is 2. The molecule has 2 amide bonds. The zero-order valence-corrected chi connectivity index (χ0v) is 13.2. The number of anilines is 1. The third-order valence-corrected chi connectivity index (χ3v) is 4.55.